The minimum atomic E-state index is 0.155. The van der Waals surface area contributed by atoms with Gasteiger partial charge in [-0.1, -0.05) is 54.1 Å². The molecule has 0 N–H and O–H groups in total. The van der Waals surface area contributed by atoms with Gasteiger partial charge >= 0.3 is 0 Å². The molecule has 0 aliphatic carbocycles. The molecule has 4 rings (SSSR count). The lowest BCUT2D eigenvalue weighted by atomic mass is 10.1. The number of piperazine rings is 1. The van der Waals surface area contributed by atoms with Gasteiger partial charge in [0.15, 0.2) is 0 Å². The molecule has 0 spiro atoms. The zero-order valence-corrected chi connectivity index (χ0v) is 17.3. The van der Waals surface area contributed by atoms with Crippen molar-refractivity contribution in [2.75, 3.05) is 26.2 Å². The number of amides is 1. The maximum atomic E-state index is 11.6. The van der Waals surface area contributed by atoms with Crippen molar-refractivity contribution >= 4 is 17.5 Å². The minimum absolute atomic E-state index is 0.155. The van der Waals surface area contributed by atoms with Gasteiger partial charge in [0.1, 0.15) is 0 Å². The fourth-order valence-electron chi connectivity index (χ4n) is 3.74. The van der Waals surface area contributed by atoms with E-state index in [4.69, 9.17) is 16.7 Å². The highest BCUT2D eigenvalue weighted by atomic mass is 35.5. The van der Waals surface area contributed by atoms with E-state index in [1.807, 2.05) is 52.0 Å². The van der Waals surface area contributed by atoms with Crippen LogP contribution >= 0.6 is 11.6 Å². The van der Waals surface area contributed by atoms with E-state index in [9.17, 15) is 4.79 Å². The molecule has 1 saturated heterocycles. The second-order valence-electron chi connectivity index (χ2n) is 7.48. The van der Waals surface area contributed by atoms with Gasteiger partial charge in [0.2, 0.25) is 5.91 Å². The topological polar surface area (TPSA) is 41.4 Å². The molecule has 29 heavy (non-hydrogen) atoms. The molecule has 6 heteroatoms. The standard InChI is InChI=1S/C23H25ClN4O/c1-18(29)27-13-11-26(12-14-27)16-21-17-28(15-19-5-3-2-4-6-19)25-23(21)20-7-9-22(24)10-8-20/h2-10,17H,11-16H2,1H3. The van der Waals surface area contributed by atoms with E-state index < -0.39 is 0 Å². The Balaban J connectivity index is 1.57. The van der Waals surface area contributed by atoms with Gasteiger partial charge in [-0.2, -0.15) is 5.10 Å². The van der Waals surface area contributed by atoms with E-state index in [1.165, 1.54) is 11.1 Å². The molecule has 0 radical (unpaired) electrons. The first-order chi connectivity index (χ1) is 14.1. The molecule has 150 valence electrons. The lowest BCUT2D eigenvalue weighted by Crippen LogP contribution is -2.47. The van der Waals surface area contributed by atoms with Crippen LogP contribution in [0.4, 0.5) is 0 Å². The number of aromatic nitrogens is 2. The molecule has 1 amide bonds. The summed E-state index contributed by atoms with van der Waals surface area (Å²) in [4.78, 5) is 15.9. The van der Waals surface area contributed by atoms with Crippen molar-refractivity contribution in [3.63, 3.8) is 0 Å². The Bertz CT molecular complexity index is 960. The van der Waals surface area contributed by atoms with Crippen LogP contribution in [0, 0.1) is 0 Å². The largest absolute Gasteiger partial charge is 0.340 e. The quantitative estimate of drug-likeness (QED) is 0.642. The van der Waals surface area contributed by atoms with Crippen LogP contribution in [-0.2, 0) is 17.9 Å². The van der Waals surface area contributed by atoms with Gasteiger partial charge in [0.05, 0.1) is 12.2 Å². The Labute approximate surface area is 176 Å². The van der Waals surface area contributed by atoms with Crippen LogP contribution in [0.5, 0.6) is 0 Å². The monoisotopic (exact) mass is 408 g/mol. The summed E-state index contributed by atoms with van der Waals surface area (Å²) in [6, 6.07) is 18.2. The fraction of sp³-hybridized carbons (Fsp3) is 0.304. The molecule has 2 heterocycles. The second kappa shape index (κ2) is 8.80. The van der Waals surface area contributed by atoms with E-state index in [0.717, 1.165) is 55.5 Å². The van der Waals surface area contributed by atoms with Crippen LogP contribution in [0.1, 0.15) is 18.1 Å². The van der Waals surface area contributed by atoms with Crippen LogP contribution < -0.4 is 0 Å². The maximum absolute atomic E-state index is 11.6. The summed E-state index contributed by atoms with van der Waals surface area (Å²) in [6.07, 6.45) is 2.15. The molecule has 1 aliphatic rings. The molecule has 2 aromatic carbocycles. The van der Waals surface area contributed by atoms with Crippen molar-refractivity contribution in [1.29, 1.82) is 0 Å². The average molecular weight is 409 g/mol. The third kappa shape index (κ3) is 4.86. The van der Waals surface area contributed by atoms with E-state index in [-0.39, 0.29) is 5.91 Å². The Morgan fingerprint density at radius 3 is 2.31 bits per heavy atom. The average Bonchev–Trinajstić information content (AvgIpc) is 3.11. The predicted octanol–water partition coefficient (Wildman–Crippen LogP) is 3.92. The number of nitrogens with zero attached hydrogens (tertiary/aromatic N) is 4. The lowest BCUT2D eigenvalue weighted by molar-refractivity contribution is -0.130. The normalized spacial score (nSPS) is 14.9. The second-order valence-corrected chi connectivity index (χ2v) is 7.91. The third-order valence-corrected chi connectivity index (χ3v) is 5.61. The molecule has 0 bridgehead atoms. The number of hydrogen-bond acceptors (Lipinski definition) is 3. The van der Waals surface area contributed by atoms with Crippen LogP contribution in [0.25, 0.3) is 11.3 Å². The van der Waals surface area contributed by atoms with E-state index in [0.29, 0.717) is 0 Å². The summed E-state index contributed by atoms with van der Waals surface area (Å²) in [5.74, 6) is 0.155. The smallest absolute Gasteiger partial charge is 0.219 e. The van der Waals surface area contributed by atoms with Gasteiger partial charge in [-0.15, -0.1) is 0 Å². The lowest BCUT2D eigenvalue weighted by Gasteiger charge is -2.34. The summed E-state index contributed by atoms with van der Waals surface area (Å²) in [5, 5.41) is 5.62. The van der Waals surface area contributed by atoms with E-state index in [1.54, 1.807) is 6.92 Å². The van der Waals surface area contributed by atoms with Gasteiger partial charge in [-0.25, -0.2) is 0 Å². The molecular formula is C23H25ClN4O. The Morgan fingerprint density at radius 1 is 0.966 bits per heavy atom. The van der Waals surface area contributed by atoms with Crippen molar-refractivity contribution in [2.45, 2.75) is 20.0 Å². The molecular weight excluding hydrogens is 384 g/mol. The van der Waals surface area contributed by atoms with E-state index in [2.05, 4.69) is 23.2 Å². The molecule has 0 unspecified atom stereocenters. The Hall–Kier alpha value is -2.63. The van der Waals surface area contributed by atoms with Crippen LogP contribution in [0.3, 0.4) is 0 Å². The molecule has 1 aromatic heterocycles. The Kier molecular flexibility index (Phi) is 5.97. The zero-order chi connectivity index (χ0) is 20.2. The van der Waals surface area contributed by atoms with Crippen molar-refractivity contribution in [2.24, 2.45) is 0 Å². The highest BCUT2D eigenvalue weighted by molar-refractivity contribution is 6.30. The summed E-state index contributed by atoms with van der Waals surface area (Å²) in [6.45, 7) is 6.51. The molecule has 3 aromatic rings. The number of carbonyl (C=O) groups is 1. The number of carbonyl (C=O) groups excluding carboxylic acids is 1. The van der Waals surface area contributed by atoms with Crippen LogP contribution in [0.15, 0.2) is 60.8 Å². The summed E-state index contributed by atoms with van der Waals surface area (Å²) >= 11 is 6.08. The van der Waals surface area contributed by atoms with Gasteiger partial charge in [0, 0.05) is 62.0 Å². The van der Waals surface area contributed by atoms with Crippen LogP contribution in [0.2, 0.25) is 5.02 Å². The molecule has 0 atom stereocenters. The molecule has 1 aliphatic heterocycles. The van der Waals surface area contributed by atoms with Crippen molar-refractivity contribution in [1.82, 2.24) is 19.6 Å². The summed E-state index contributed by atoms with van der Waals surface area (Å²) < 4.78 is 2.01. The highest BCUT2D eigenvalue weighted by Crippen LogP contribution is 2.26. The minimum Gasteiger partial charge on any atom is -0.340 e. The summed E-state index contributed by atoms with van der Waals surface area (Å²) in [7, 11) is 0. The Morgan fingerprint density at radius 2 is 1.66 bits per heavy atom. The zero-order valence-electron chi connectivity index (χ0n) is 16.6. The SMILES string of the molecule is CC(=O)N1CCN(Cc2cn(Cc3ccccc3)nc2-c2ccc(Cl)cc2)CC1. The molecule has 0 saturated carbocycles. The number of halogens is 1. The predicted molar refractivity (Wildman–Crippen MR) is 116 cm³/mol. The van der Waals surface area contributed by atoms with Gasteiger partial charge < -0.3 is 4.90 Å². The first-order valence-electron chi connectivity index (χ1n) is 9.92. The van der Waals surface area contributed by atoms with Gasteiger partial charge in [-0.3, -0.25) is 14.4 Å². The number of hydrogen-bond donors (Lipinski definition) is 0. The van der Waals surface area contributed by atoms with Gasteiger partial charge in [-0.05, 0) is 17.7 Å². The molecule has 1 fully saturated rings. The first kappa shape index (κ1) is 19.7. The summed E-state index contributed by atoms with van der Waals surface area (Å²) in [5.41, 5.74) is 4.48. The maximum Gasteiger partial charge on any atom is 0.219 e. The molecule has 5 nitrogen and oxygen atoms in total. The highest BCUT2D eigenvalue weighted by Gasteiger charge is 2.21. The van der Waals surface area contributed by atoms with Crippen molar-refractivity contribution in [3.8, 4) is 11.3 Å². The van der Waals surface area contributed by atoms with Gasteiger partial charge in [0.25, 0.3) is 0 Å². The number of rotatable bonds is 5. The first-order valence-corrected chi connectivity index (χ1v) is 10.3. The number of benzene rings is 2. The van der Waals surface area contributed by atoms with E-state index >= 15 is 0 Å². The third-order valence-electron chi connectivity index (χ3n) is 5.35. The fourth-order valence-corrected chi connectivity index (χ4v) is 3.87. The van der Waals surface area contributed by atoms with Crippen molar-refractivity contribution in [3.05, 3.63) is 76.9 Å². The van der Waals surface area contributed by atoms with Crippen LogP contribution in [-0.4, -0.2) is 51.7 Å². The van der Waals surface area contributed by atoms with Crippen molar-refractivity contribution < 1.29 is 4.79 Å².